The van der Waals surface area contributed by atoms with Gasteiger partial charge in [0, 0.05) is 25.3 Å². The summed E-state index contributed by atoms with van der Waals surface area (Å²) in [5, 5.41) is 8.68. The SMILES string of the molecule is O=C1CNc2ncc(C(=O)NCCC3CCCCN3Cc3ccccc3)cc2N1. The fourth-order valence-corrected chi connectivity index (χ4v) is 4.05. The number of fused-ring (bicyclic) bond motifs is 1. The van der Waals surface area contributed by atoms with Gasteiger partial charge < -0.3 is 16.0 Å². The first-order valence-electron chi connectivity index (χ1n) is 10.3. The summed E-state index contributed by atoms with van der Waals surface area (Å²) >= 11 is 0. The fourth-order valence-electron chi connectivity index (χ4n) is 4.05. The van der Waals surface area contributed by atoms with Crippen molar-refractivity contribution in [2.45, 2.75) is 38.3 Å². The number of hydrogen-bond donors (Lipinski definition) is 3. The summed E-state index contributed by atoms with van der Waals surface area (Å²) in [7, 11) is 0. The highest BCUT2D eigenvalue weighted by Crippen LogP contribution is 2.23. The largest absolute Gasteiger partial charge is 0.359 e. The first-order chi connectivity index (χ1) is 14.2. The molecule has 1 fully saturated rings. The number of nitrogens with one attached hydrogen (secondary N) is 3. The van der Waals surface area contributed by atoms with Crippen LogP contribution in [0.5, 0.6) is 0 Å². The van der Waals surface area contributed by atoms with Crippen LogP contribution in [0, 0.1) is 0 Å². The smallest absolute Gasteiger partial charge is 0.252 e. The summed E-state index contributed by atoms with van der Waals surface area (Å²) in [6.45, 7) is 2.89. The van der Waals surface area contributed by atoms with E-state index in [-0.39, 0.29) is 18.4 Å². The van der Waals surface area contributed by atoms with Crippen molar-refractivity contribution in [1.29, 1.82) is 0 Å². The van der Waals surface area contributed by atoms with E-state index in [0.717, 1.165) is 19.5 Å². The van der Waals surface area contributed by atoms with Gasteiger partial charge in [0.05, 0.1) is 17.8 Å². The maximum atomic E-state index is 12.5. The first-order valence-corrected chi connectivity index (χ1v) is 10.3. The van der Waals surface area contributed by atoms with Gasteiger partial charge in [0.25, 0.3) is 5.91 Å². The molecule has 1 unspecified atom stereocenters. The fraction of sp³-hybridized carbons (Fsp3) is 0.409. The minimum absolute atomic E-state index is 0.132. The molecule has 0 spiro atoms. The van der Waals surface area contributed by atoms with Crippen molar-refractivity contribution < 1.29 is 9.59 Å². The summed E-state index contributed by atoms with van der Waals surface area (Å²) in [4.78, 5) is 30.8. The van der Waals surface area contributed by atoms with Crippen molar-refractivity contribution in [3.05, 3.63) is 53.7 Å². The zero-order chi connectivity index (χ0) is 20.1. The number of carbonyl (C=O) groups excluding carboxylic acids is 2. The molecule has 1 atom stereocenters. The number of rotatable bonds is 6. The molecule has 3 N–H and O–H groups in total. The zero-order valence-corrected chi connectivity index (χ0v) is 16.5. The van der Waals surface area contributed by atoms with Crippen LogP contribution < -0.4 is 16.0 Å². The molecule has 2 aliphatic heterocycles. The Bertz CT molecular complexity index is 871. The second-order valence-electron chi connectivity index (χ2n) is 7.67. The number of likely N-dealkylation sites (tertiary alicyclic amines) is 1. The molecule has 1 aromatic heterocycles. The molecule has 152 valence electrons. The summed E-state index contributed by atoms with van der Waals surface area (Å²) in [6.07, 6.45) is 6.11. The third kappa shape index (κ3) is 4.92. The Labute approximate surface area is 170 Å². The second kappa shape index (κ2) is 9.05. The molecule has 1 saturated heterocycles. The number of carbonyl (C=O) groups is 2. The lowest BCUT2D eigenvalue weighted by Gasteiger charge is -2.36. The van der Waals surface area contributed by atoms with E-state index in [9.17, 15) is 9.59 Å². The molecule has 29 heavy (non-hydrogen) atoms. The van der Waals surface area contributed by atoms with Crippen molar-refractivity contribution in [2.24, 2.45) is 0 Å². The minimum Gasteiger partial charge on any atom is -0.359 e. The minimum atomic E-state index is -0.162. The molecule has 0 bridgehead atoms. The molecule has 1 aromatic carbocycles. The van der Waals surface area contributed by atoms with E-state index in [1.54, 1.807) is 12.3 Å². The standard InChI is InChI=1S/C22H27N5O2/c28-20-14-25-21-19(26-20)12-17(13-24-21)22(29)23-10-9-18-8-4-5-11-27(18)15-16-6-2-1-3-7-16/h1-3,6-7,12-13,18H,4-5,8-11,14-15H2,(H,23,29)(H,24,25)(H,26,28). The normalized spacial score (nSPS) is 19.0. The molecule has 0 aliphatic carbocycles. The molecular weight excluding hydrogens is 366 g/mol. The van der Waals surface area contributed by atoms with Crippen molar-refractivity contribution in [3.8, 4) is 0 Å². The number of hydrogen-bond acceptors (Lipinski definition) is 5. The Hall–Kier alpha value is -2.93. The van der Waals surface area contributed by atoms with Crippen molar-refractivity contribution in [1.82, 2.24) is 15.2 Å². The van der Waals surface area contributed by atoms with Gasteiger partial charge in [0.15, 0.2) is 0 Å². The molecule has 0 radical (unpaired) electrons. The quantitative estimate of drug-likeness (QED) is 0.702. The van der Waals surface area contributed by atoms with E-state index < -0.39 is 0 Å². The summed E-state index contributed by atoms with van der Waals surface area (Å²) in [6, 6.07) is 12.7. The predicted molar refractivity (Wildman–Crippen MR) is 113 cm³/mol. The van der Waals surface area contributed by atoms with E-state index >= 15 is 0 Å². The number of anilines is 2. The molecule has 7 heteroatoms. The Kier molecular flexibility index (Phi) is 6.05. The van der Waals surface area contributed by atoms with Crippen molar-refractivity contribution >= 4 is 23.3 Å². The van der Waals surface area contributed by atoms with E-state index in [2.05, 4.69) is 50.1 Å². The molecule has 0 saturated carbocycles. The van der Waals surface area contributed by atoms with Gasteiger partial charge in [-0.25, -0.2) is 4.98 Å². The maximum absolute atomic E-state index is 12.5. The van der Waals surface area contributed by atoms with Gasteiger partial charge in [0.1, 0.15) is 5.82 Å². The molecule has 3 heterocycles. The van der Waals surface area contributed by atoms with Crippen LogP contribution in [-0.4, -0.2) is 47.4 Å². The monoisotopic (exact) mass is 393 g/mol. The summed E-state index contributed by atoms with van der Waals surface area (Å²) in [5.74, 6) is 0.304. The average molecular weight is 393 g/mol. The van der Waals surface area contributed by atoms with Crippen LogP contribution >= 0.6 is 0 Å². The Balaban J connectivity index is 1.31. The number of piperidine rings is 1. The van der Waals surface area contributed by atoms with Gasteiger partial charge in [-0.15, -0.1) is 0 Å². The van der Waals surface area contributed by atoms with Gasteiger partial charge >= 0.3 is 0 Å². The van der Waals surface area contributed by atoms with Gasteiger partial charge in [0.2, 0.25) is 5.91 Å². The van der Waals surface area contributed by atoms with Crippen LogP contribution in [0.2, 0.25) is 0 Å². The maximum Gasteiger partial charge on any atom is 0.252 e. The van der Waals surface area contributed by atoms with Crippen molar-refractivity contribution in [2.75, 3.05) is 30.3 Å². The van der Waals surface area contributed by atoms with E-state index in [1.807, 2.05) is 6.07 Å². The van der Waals surface area contributed by atoms with E-state index in [0.29, 0.717) is 29.7 Å². The van der Waals surface area contributed by atoms with Crippen LogP contribution in [-0.2, 0) is 11.3 Å². The van der Waals surface area contributed by atoms with Crippen LogP contribution in [0.25, 0.3) is 0 Å². The second-order valence-corrected chi connectivity index (χ2v) is 7.67. The van der Waals surface area contributed by atoms with E-state index in [4.69, 9.17) is 0 Å². The van der Waals surface area contributed by atoms with E-state index in [1.165, 1.54) is 24.8 Å². The number of nitrogens with zero attached hydrogens (tertiary/aromatic N) is 2. The Morgan fingerprint density at radius 3 is 2.97 bits per heavy atom. The third-order valence-electron chi connectivity index (χ3n) is 5.58. The molecule has 2 aromatic rings. The number of benzene rings is 1. The predicted octanol–water partition coefficient (Wildman–Crippen LogP) is 2.62. The van der Waals surface area contributed by atoms with Crippen molar-refractivity contribution in [3.63, 3.8) is 0 Å². The lowest BCUT2D eigenvalue weighted by Crippen LogP contribution is -2.41. The summed E-state index contributed by atoms with van der Waals surface area (Å²) < 4.78 is 0. The molecule has 4 rings (SSSR count). The lowest BCUT2D eigenvalue weighted by molar-refractivity contribution is -0.114. The highest BCUT2D eigenvalue weighted by Gasteiger charge is 2.23. The van der Waals surface area contributed by atoms with Crippen LogP contribution in [0.4, 0.5) is 11.5 Å². The first kappa shape index (κ1) is 19.4. The van der Waals surface area contributed by atoms with Gasteiger partial charge in [-0.2, -0.15) is 0 Å². The molecule has 2 amide bonds. The molecule has 7 nitrogen and oxygen atoms in total. The highest BCUT2D eigenvalue weighted by molar-refractivity contribution is 6.02. The number of aromatic nitrogens is 1. The van der Waals surface area contributed by atoms with Crippen LogP contribution in [0.3, 0.4) is 0 Å². The van der Waals surface area contributed by atoms with Gasteiger partial charge in [-0.05, 0) is 37.4 Å². The van der Waals surface area contributed by atoms with Crippen LogP contribution in [0.15, 0.2) is 42.6 Å². The third-order valence-corrected chi connectivity index (χ3v) is 5.58. The lowest BCUT2D eigenvalue weighted by atomic mass is 9.98. The number of pyridine rings is 1. The highest BCUT2D eigenvalue weighted by atomic mass is 16.2. The van der Waals surface area contributed by atoms with Crippen LogP contribution in [0.1, 0.15) is 41.6 Å². The topological polar surface area (TPSA) is 86.4 Å². The summed E-state index contributed by atoms with van der Waals surface area (Å²) in [5.41, 5.74) is 2.34. The zero-order valence-electron chi connectivity index (χ0n) is 16.5. The Morgan fingerprint density at radius 2 is 2.10 bits per heavy atom. The van der Waals surface area contributed by atoms with Gasteiger partial charge in [-0.1, -0.05) is 36.8 Å². The molecule has 2 aliphatic rings. The molecular formula is C22H27N5O2. The van der Waals surface area contributed by atoms with Gasteiger partial charge in [-0.3, -0.25) is 14.5 Å². The number of amides is 2. The average Bonchev–Trinajstić information content (AvgIpc) is 2.75. The Morgan fingerprint density at radius 1 is 1.24 bits per heavy atom.